The molecule has 0 radical (unpaired) electrons. The summed E-state index contributed by atoms with van der Waals surface area (Å²) in [7, 11) is 1.88. The van der Waals surface area contributed by atoms with Crippen LogP contribution in [0.2, 0.25) is 0 Å². The first-order valence-electron chi connectivity index (χ1n) is 23.3. The first-order valence-corrected chi connectivity index (χ1v) is 23.3. The summed E-state index contributed by atoms with van der Waals surface area (Å²) in [6, 6.07) is 23.8. The van der Waals surface area contributed by atoms with Gasteiger partial charge in [0.1, 0.15) is 0 Å². The Hall–Kier alpha value is -6.23. The number of rotatable bonds is 8. The van der Waals surface area contributed by atoms with E-state index in [-0.39, 0.29) is 41.5 Å². The number of aromatic nitrogens is 2. The van der Waals surface area contributed by atoms with Crippen LogP contribution in [0.1, 0.15) is 103 Å². The number of imide groups is 1. The molecule has 0 bridgehead atoms. The third kappa shape index (κ3) is 9.33. The molecule has 4 aliphatic rings. The molecule has 1 aromatic heterocycles. The number of aliphatic hydroxyl groups is 1. The van der Waals surface area contributed by atoms with Crippen LogP contribution in [0.4, 0.5) is 11.4 Å². The number of nitrogens with zero attached hydrogens (tertiary/aromatic N) is 5. The average Bonchev–Trinajstić information content (AvgIpc) is 3.64. The maximum absolute atomic E-state index is 13.8. The van der Waals surface area contributed by atoms with Crippen LogP contribution in [0.25, 0.3) is 21.7 Å². The lowest BCUT2D eigenvalue weighted by Crippen LogP contribution is -2.54. The number of hydrogen-bond donors (Lipinski definition) is 4. The highest BCUT2D eigenvalue weighted by atomic mass is 16.3. The van der Waals surface area contributed by atoms with Gasteiger partial charge in [-0.15, -0.1) is 0 Å². The molecular formula is C52H60N8O5. The number of benzene rings is 4. The largest absolute Gasteiger partial charge is 0.399 e. The summed E-state index contributed by atoms with van der Waals surface area (Å²) in [4.78, 5) is 57.9. The van der Waals surface area contributed by atoms with Gasteiger partial charge < -0.3 is 30.9 Å². The van der Waals surface area contributed by atoms with Crippen LogP contribution < -0.4 is 21.3 Å². The Kier molecular flexibility index (Phi) is 12.4. The van der Waals surface area contributed by atoms with E-state index >= 15 is 0 Å². The van der Waals surface area contributed by atoms with Gasteiger partial charge >= 0.3 is 0 Å². The maximum Gasteiger partial charge on any atom is 0.252 e. The number of carbonyl (C=O) groups excluding carboxylic acids is 4. The number of aryl methyl sites for hydroxylation is 2. The molecule has 2 atom stereocenters. The molecule has 5 heterocycles. The molecule has 5 N–H and O–H groups in total. The Morgan fingerprint density at radius 1 is 0.908 bits per heavy atom. The van der Waals surface area contributed by atoms with Crippen molar-refractivity contribution in [1.82, 2.24) is 30.2 Å². The second kappa shape index (κ2) is 18.3. The number of nitrogens with one attached hydrogen (secondary N) is 2. The van der Waals surface area contributed by atoms with Gasteiger partial charge in [-0.2, -0.15) is 5.10 Å². The van der Waals surface area contributed by atoms with Crippen LogP contribution in [-0.4, -0.2) is 99.7 Å². The van der Waals surface area contributed by atoms with Gasteiger partial charge in [0.05, 0.1) is 28.8 Å². The van der Waals surface area contributed by atoms with Crippen molar-refractivity contribution in [3.8, 4) is 11.8 Å². The number of fused-ring (bicyclic) bond motifs is 2. The van der Waals surface area contributed by atoms with Crippen molar-refractivity contribution in [2.24, 2.45) is 18.9 Å². The van der Waals surface area contributed by atoms with Gasteiger partial charge in [0.2, 0.25) is 17.7 Å². The van der Waals surface area contributed by atoms with E-state index in [4.69, 9.17) is 10.8 Å². The van der Waals surface area contributed by atoms with E-state index in [1.165, 1.54) is 0 Å². The summed E-state index contributed by atoms with van der Waals surface area (Å²) < 4.78 is 1.81. The number of anilines is 2. The molecule has 4 fully saturated rings. The van der Waals surface area contributed by atoms with E-state index in [0.29, 0.717) is 62.3 Å². The highest BCUT2D eigenvalue weighted by molar-refractivity contribution is 6.03. The number of β-amino-alcohol motifs (C(OH)–C–C–N with tert-alkyl or cyclic N) is 1. The van der Waals surface area contributed by atoms with E-state index in [1.807, 2.05) is 54.7 Å². The molecule has 5 aromatic rings. The van der Waals surface area contributed by atoms with Crippen molar-refractivity contribution in [2.75, 3.05) is 56.4 Å². The van der Waals surface area contributed by atoms with Crippen LogP contribution in [0.5, 0.6) is 0 Å². The number of amides is 4. The molecule has 0 saturated carbocycles. The maximum atomic E-state index is 13.8. The van der Waals surface area contributed by atoms with E-state index in [1.54, 1.807) is 12.1 Å². The van der Waals surface area contributed by atoms with Crippen LogP contribution in [-0.2, 0) is 21.4 Å². The third-order valence-corrected chi connectivity index (χ3v) is 14.4. The molecule has 4 aromatic carbocycles. The van der Waals surface area contributed by atoms with Gasteiger partial charge in [0.25, 0.3) is 5.91 Å². The Bertz CT molecular complexity index is 2710. The fraction of sp³-hybridized carbons (Fsp3) is 0.442. The lowest BCUT2D eigenvalue weighted by atomic mass is 9.87. The molecule has 13 nitrogen and oxygen atoms in total. The van der Waals surface area contributed by atoms with Crippen LogP contribution in [0, 0.1) is 30.6 Å². The summed E-state index contributed by atoms with van der Waals surface area (Å²) in [5, 5.41) is 25.1. The Morgan fingerprint density at radius 2 is 1.65 bits per heavy atom. The lowest BCUT2D eigenvalue weighted by Gasteiger charge is -2.43. The quantitative estimate of drug-likeness (QED) is 0.0836. The molecule has 13 heteroatoms. The highest BCUT2D eigenvalue weighted by Crippen LogP contribution is 2.35. The van der Waals surface area contributed by atoms with Crippen molar-refractivity contribution in [3.63, 3.8) is 0 Å². The van der Waals surface area contributed by atoms with Gasteiger partial charge in [-0.3, -0.25) is 29.2 Å². The van der Waals surface area contributed by atoms with Crippen LogP contribution in [0.15, 0.2) is 72.8 Å². The van der Waals surface area contributed by atoms with Crippen molar-refractivity contribution in [3.05, 3.63) is 101 Å². The summed E-state index contributed by atoms with van der Waals surface area (Å²) in [6.45, 7) is 8.97. The van der Waals surface area contributed by atoms with Gasteiger partial charge in [-0.25, -0.2) is 0 Å². The number of likely N-dealkylation sites (tertiary alicyclic amines) is 2. The van der Waals surface area contributed by atoms with E-state index in [9.17, 15) is 24.3 Å². The summed E-state index contributed by atoms with van der Waals surface area (Å²) in [5.74, 6) is 6.39. The summed E-state index contributed by atoms with van der Waals surface area (Å²) >= 11 is 0. The predicted molar refractivity (Wildman–Crippen MR) is 253 cm³/mol. The fourth-order valence-corrected chi connectivity index (χ4v) is 10.5. The third-order valence-electron chi connectivity index (χ3n) is 14.4. The molecule has 4 amide bonds. The number of piperidine rings is 4. The topological polar surface area (TPSA) is 166 Å². The van der Waals surface area contributed by atoms with Crippen LogP contribution in [0.3, 0.4) is 0 Å². The highest BCUT2D eigenvalue weighted by Gasteiger charge is 2.39. The minimum absolute atomic E-state index is 0.0331. The summed E-state index contributed by atoms with van der Waals surface area (Å²) in [5.41, 5.74) is 11.9. The van der Waals surface area contributed by atoms with Gasteiger partial charge in [-0.1, -0.05) is 48.2 Å². The zero-order valence-electron chi connectivity index (χ0n) is 37.7. The van der Waals surface area contributed by atoms with E-state index < -0.39 is 11.5 Å². The number of hydrogen-bond acceptors (Lipinski definition) is 9. The van der Waals surface area contributed by atoms with E-state index in [2.05, 4.69) is 68.7 Å². The van der Waals surface area contributed by atoms with Crippen molar-refractivity contribution in [2.45, 2.75) is 82.8 Å². The standard InChI is InChI=1S/C52H60N8O5/c1-33-8-12-38(53)30-45(33)50(63)54-34(2)40-14-11-36(41-6-4-5-7-42(40)41)10-9-35-18-24-58(25-19-35)32-52(65)22-28-60(29-23-52)51(64)37-20-26-59(27-21-37)39-13-15-43-46(31-39)57(3)56-48(43)44-16-17-47(61)55-49(44)62/h4-8,11-15,30-31,34-35,37,44,65H,16-29,32,53H2,1-3H3,(H,54,63)(H,55,61,62)/t34-,44?/m1/s1. The molecule has 4 aliphatic heterocycles. The van der Waals surface area contributed by atoms with E-state index in [0.717, 1.165) is 95.9 Å². The van der Waals surface area contributed by atoms with Gasteiger partial charge in [0.15, 0.2) is 0 Å². The first kappa shape index (κ1) is 44.0. The van der Waals surface area contributed by atoms with Crippen molar-refractivity contribution < 1.29 is 24.3 Å². The van der Waals surface area contributed by atoms with Gasteiger partial charge in [0, 0.05) is 85.9 Å². The molecule has 9 rings (SSSR count). The fourth-order valence-electron chi connectivity index (χ4n) is 10.5. The SMILES string of the molecule is Cc1ccc(N)cc1C(=O)N[C@H](C)c1ccc(C#CC2CCN(CC3(O)CCN(C(=O)C4CCN(c5ccc6c(C7CCC(=O)NC7=O)nn(C)c6c5)CC4)CC3)CC2)c2ccccc12. The summed E-state index contributed by atoms with van der Waals surface area (Å²) in [6.07, 6.45) is 5.35. The number of carbonyl (C=O) groups is 4. The van der Waals surface area contributed by atoms with Crippen molar-refractivity contribution in [1.29, 1.82) is 0 Å². The average molecular weight is 877 g/mol. The van der Waals surface area contributed by atoms with Crippen LogP contribution >= 0.6 is 0 Å². The van der Waals surface area contributed by atoms with Crippen molar-refractivity contribution >= 4 is 56.7 Å². The molecule has 65 heavy (non-hydrogen) atoms. The molecule has 0 aliphatic carbocycles. The minimum Gasteiger partial charge on any atom is -0.399 e. The molecule has 1 unspecified atom stereocenters. The first-order chi connectivity index (χ1) is 31.3. The minimum atomic E-state index is -0.814. The second-order valence-corrected chi connectivity index (χ2v) is 18.9. The predicted octanol–water partition coefficient (Wildman–Crippen LogP) is 5.96. The zero-order chi connectivity index (χ0) is 45.4. The lowest BCUT2D eigenvalue weighted by molar-refractivity contribution is -0.141. The Morgan fingerprint density at radius 3 is 2.38 bits per heavy atom. The Labute approximate surface area is 380 Å². The molecule has 4 saturated heterocycles. The van der Waals surface area contributed by atoms with Gasteiger partial charge in [-0.05, 0) is 130 Å². The molecule has 0 spiro atoms. The normalized spacial score (nSPS) is 20.3. The zero-order valence-corrected chi connectivity index (χ0v) is 37.7. The molecule has 338 valence electrons. The molecular weight excluding hydrogens is 817 g/mol. The second-order valence-electron chi connectivity index (χ2n) is 18.9. The number of nitrogen functional groups attached to an aromatic ring is 1. The number of nitrogens with two attached hydrogens (primary N) is 1. The monoisotopic (exact) mass is 876 g/mol. The smallest absolute Gasteiger partial charge is 0.252 e. The Balaban J connectivity index is 0.737.